The van der Waals surface area contributed by atoms with Crippen LogP contribution in [-0.2, 0) is 0 Å². The van der Waals surface area contributed by atoms with E-state index in [0.717, 1.165) is 10.2 Å². The molecule has 0 saturated heterocycles. The van der Waals surface area contributed by atoms with E-state index in [1.807, 2.05) is 12.1 Å². The van der Waals surface area contributed by atoms with Gasteiger partial charge in [0.25, 0.3) is 0 Å². The van der Waals surface area contributed by atoms with Gasteiger partial charge in [0.1, 0.15) is 6.07 Å². The molecule has 1 unspecified atom stereocenters. The van der Waals surface area contributed by atoms with Gasteiger partial charge in [0.05, 0.1) is 11.3 Å². The summed E-state index contributed by atoms with van der Waals surface area (Å²) in [5.41, 5.74) is 7.40. The highest BCUT2D eigenvalue weighted by Gasteiger charge is 2.08. The molecule has 0 radical (unpaired) electrons. The fourth-order valence-electron chi connectivity index (χ4n) is 1.23. The molecule has 1 aromatic carbocycles. The predicted octanol–water partition coefficient (Wildman–Crippen LogP) is 2.72. The Labute approximate surface area is 105 Å². The molecule has 86 valence electrons. The van der Waals surface area contributed by atoms with Crippen molar-refractivity contribution in [3.8, 4) is 6.07 Å². The van der Waals surface area contributed by atoms with Crippen LogP contribution in [0.1, 0.15) is 19.4 Å². The molecule has 0 fully saturated rings. The third kappa shape index (κ3) is 3.51. The molecule has 0 saturated carbocycles. The summed E-state index contributed by atoms with van der Waals surface area (Å²) in [5, 5.41) is 12.2. The third-order valence-electron chi connectivity index (χ3n) is 2.49. The lowest BCUT2D eigenvalue weighted by atomic mass is 10.1. The van der Waals surface area contributed by atoms with Crippen LogP contribution in [0.5, 0.6) is 0 Å². The molecule has 0 bridgehead atoms. The summed E-state index contributed by atoms with van der Waals surface area (Å²) < 4.78 is 0.905. The first kappa shape index (κ1) is 13.0. The van der Waals surface area contributed by atoms with Crippen LogP contribution in [0.25, 0.3) is 0 Å². The number of halogens is 1. The van der Waals surface area contributed by atoms with Crippen LogP contribution in [0, 0.1) is 17.2 Å². The molecule has 0 aliphatic heterocycles. The molecule has 3 N–H and O–H groups in total. The summed E-state index contributed by atoms with van der Waals surface area (Å²) in [6.07, 6.45) is 0. The summed E-state index contributed by atoms with van der Waals surface area (Å²) in [6, 6.07) is 7.84. The van der Waals surface area contributed by atoms with E-state index in [1.54, 1.807) is 6.07 Å². The van der Waals surface area contributed by atoms with Gasteiger partial charge in [-0.2, -0.15) is 5.26 Å². The largest absolute Gasteiger partial charge is 0.382 e. The number of nitrogens with two attached hydrogens (primary N) is 1. The van der Waals surface area contributed by atoms with Crippen LogP contribution >= 0.6 is 15.9 Å². The zero-order valence-electron chi connectivity index (χ0n) is 9.50. The lowest BCUT2D eigenvalue weighted by molar-refractivity contribution is 0.511. The molecule has 16 heavy (non-hydrogen) atoms. The SMILES string of the molecule is CC(C)C(N)CNc1ccc(Br)cc1C#N. The molecule has 4 heteroatoms. The molecule has 0 heterocycles. The molecule has 0 aromatic heterocycles. The second kappa shape index (κ2) is 5.88. The Morgan fingerprint density at radius 3 is 2.75 bits per heavy atom. The average molecular weight is 282 g/mol. The molecule has 3 nitrogen and oxygen atoms in total. The first-order valence-electron chi connectivity index (χ1n) is 5.23. The quantitative estimate of drug-likeness (QED) is 0.892. The molecule has 0 aliphatic rings. The van der Waals surface area contributed by atoms with Gasteiger partial charge in [-0.1, -0.05) is 29.8 Å². The van der Waals surface area contributed by atoms with E-state index in [2.05, 4.69) is 41.2 Å². The Balaban J connectivity index is 2.71. The van der Waals surface area contributed by atoms with Gasteiger partial charge in [-0.3, -0.25) is 0 Å². The summed E-state index contributed by atoms with van der Waals surface area (Å²) in [7, 11) is 0. The number of nitriles is 1. The zero-order chi connectivity index (χ0) is 12.1. The Bertz CT molecular complexity index is 396. The van der Waals surface area contributed by atoms with E-state index in [1.165, 1.54) is 0 Å². The van der Waals surface area contributed by atoms with E-state index in [0.29, 0.717) is 18.0 Å². The smallest absolute Gasteiger partial charge is 0.101 e. The molecule has 1 rings (SSSR count). The standard InChI is InChI=1S/C12H16BrN3/c1-8(2)11(15)7-16-12-4-3-10(13)5-9(12)6-14/h3-5,8,11,16H,7,15H2,1-2H3. The number of nitrogens with one attached hydrogen (secondary N) is 1. The van der Waals surface area contributed by atoms with Crippen molar-refractivity contribution < 1.29 is 0 Å². The molecule has 0 spiro atoms. The fourth-order valence-corrected chi connectivity index (χ4v) is 1.59. The maximum atomic E-state index is 8.98. The van der Waals surface area contributed by atoms with E-state index < -0.39 is 0 Å². The summed E-state index contributed by atoms with van der Waals surface area (Å²) in [4.78, 5) is 0. The van der Waals surface area contributed by atoms with E-state index in [-0.39, 0.29) is 6.04 Å². The molecular formula is C12H16BrN3. The zero-order valence-corrected chi connectivity index (χ0v) is 11.1. The van der Waals surface area contributed by atoms with Crippen molar-refractivity contribution in [2.75, 3.05) is 11.9 Å². The second-order valence-corrected chi connectivity index (χ2v) is 5.01. The minimum absolute atomic E-state index is 0.0928. The van der Waals surface area contributed by atoms with Crippen LogP contribution in [0.4, 0.5) is 5.69 Å². The van der Waals surface area contributed by atoms with Crippen molar-refractivity contribution >= 4 is 21.6 Å². The van der Waals surface area contributed by atoms with Crippen molar-refractivity contribution in [3.63, 3.8) is 0 Å². The lowest BCUT2D eigenvalue weighted by Gasteiger charge is -2.17. The molecule has 0 amide bonds. The highest BCUT2D eigenvalue weighted by Crippen LogP contribution is 2.20. The molecular weight excluding hydrogens is 266 g/mol. The third-order valence-corrected chi connectivity index (χ3v) is 2.98. The molecule has 0 aliphatic carbocycles. The van der Waals surface area contributed by atoms with Gasteiger partial charge in [0.15, 0.2) is 0 Å². The minimum atomic E-state index is 0.0928. The van der Waals surface area contributed by atoms with Gasteiger partial charge < -0.3 is 11.1 Å². The van der Waals surface area contributed by atoms with E-state index in [9.17, 15) is 0 Å². The Morgan fingerprint density at radius 2 is 2.19 bits per heavy atom. The summed E-state index contributed by atoms with van der Waals surface area (Å²) in [6.45, 7) is 4.84. The van der Waals surface area contributed by atoms with Gasteiger partial charge in [-0.05, 0) is 24.1 Å². The minimum Gasteiger partial charge on any atom is -0.382 e. The average Bonchev–Trinajstić information content (AvgIpc) is 2.26. The highest BCUT2D eigenvalue weighted by molar-refractivity contribution is 9.10. The van der Waals surface area contributed by atoms with Gasteiger partial charge in [-0.25, -0.2) is 0 Å². The first-order chi connectivity index (χ1) is 7.54. The van der Waals surface area contributed by atoms with Crippen LogP contribution in [0.2, 0.25) is 0 Å². The predicted molar refractivity (Wildman–Crippen MR) is 70.2 cm³/mol. The van der Waals surface area contributed by atoms with Crippen molar-refractivity contribution in [1.29, 1.82) is 5.26 Å². The summed E-state index contributed by atoms with van der Waals surface area (Å²) >= 11 is 3.34. The van der Waals surface area contributed by atoms with Crippen LogP contribution in [0.3, 0.4) is 0 Å². The van der Waals surface area contributed by atoms with E-state index >= 15 is 0 Å². The highest BCUT2D eigenvalue weighted by atomic mass is 79.9. The van der Waals surface area contributed by atoms with Gasteiger partial charge >= 0.3 is 0 Å². The van der Waals surface area contributed by atoms with Crippen molar-refractivity contribution in [2.45, 2.75) is 19.9 Å². The fraction of sp³-hybridized carbons (Fsp3) is 0.417. The number of nitrogens with zero attached hydrogens (tertiary/aromatic N) is 1. The van der Waals surface area contributed by atoms with Crippen LogP contribution in [-0.4, -0.2) is 12.6 Å². The van der Waals surface area contributed by atoms with Crippen molar-refractivity contribution in [3.05, 3.63) is 28.2 Å². The number of anilines is 1. The van der Waals surface area contributed by atoms with Crippen molar-refractivity contribution in [2.24, 2.45) is 11.7 Å². The summed E-state index contributed by atoms with van der Waals surface area (Å²) in [5.74, 6) is 0.425. The van der Waals surface area contributed by atoms with Crippen molar-refractivity contribution in [1.82, 2.24) is 0 Å². The van der Waals surface area contributed by atoms with Gasteiger partial charge in [0.2, 0.25) is 0 Å². The Kier molecular flexibility index (Phi) is 4.78. The van der Waals surface area contributed by atoms with E-state index in [4.69, 9.17) is 11.0 Å². The van der Waals surface area contributed by atoms with Crippen LogP contribution in [0.15, 0.2) is 22.7 Å². The number of hydrogen-bond donors (Lipinski definition) is 2. The van der Waals surface area contributed by atoms with Gasteiger partial charge in [0, 0.05) is 17.1 Å². The first-order valence-corrected chi connectivity index (χ1v) is 6.03. The Hall–Kier alpha value is -1.05. The van der Waals surface area contributed by atoms with Gasteiger partial charge in [-0.15, -0.1) is 0 Å². The monoisotopic (exact) mass is 281 g/mol. The maximum absolute atomic E-state index is 8.98. The number of rotatable bonds is 4. The lowest BCUT2D eigenvalue weighted by Crippen LogP contribution is -2.34. The maximum Gasteiger partial charge on any atom is 0.101 e. The normalized spacial score (nSPS) is 12.2. The Morgan fingerprint density at radius 1 is 1.50 bits per heavy atom. The number of hydrogen-bond acceptors (Lipinski definition) is 3. The topological polar surface area (TPSA) is 61.8 Å². The second-order valence-electron chi connectivity index (χ2n) is 4.09. The number of benzene rings is 1. The van der Waals surface area contributed by atoms with Crippen LogP contribution < -0.4 is 11.1 Å². The molecule has 1 aromatic rings. The molecule has 1 atom stereocenters.